The fraction of sp³-hybridized carbons (Fsp3) is 0.286. The molecule has 4 nitrogen and oxygen atoms in total. The standard InChI is InChI=1S/C14H18N4S/c1-8-5-6-12(9(2)7-8)15-14(19)16-13-10(3)17-18-11(13)4/h5-7H,1-4H3,(H,17,18)(H2,15,16,19). The highest BCUT2D eigenvalue weighted by Gasteiger charge is 2.08. The highest BCUT2D eigenvalue weighted by Crippen LogP contribution is 2.19. The van der Waals surface area contributed by atoms with Crippen LogP contribution in [0.1, 0.15) is 22.5 Å². The third-order valence-electron chi connectivity index (χ3n) is 3.00. The number of H-pyrrole nitrogens is 1. The van der Waals surface area contributed by atoms with E-state index in [1.165, 1.54) is 11.1 Å². The molecule has 100 valence electrons. The first kappa shape index (κ1) is 13.5. The van der Waals surface area contributed by atoms with E-state index in [9.17, 15) is 0 Å². The molecule has 5 heteroatoms. The second kappa shape index (κ2) is 5.40. The van der Waals surface area contributed by atoms with Gasteiger partial charge in [0.2, 0.25) is 0 Å². The number of thiocarbonyl (C=S) groups is 1. The summed E-state index contributed by atoms with van der Waals surface area (Å²) in [5.74, 6) is 0. The van der Waals surface area contributed by atoms with Gasteiger partial charge in [0.15, 0.2) is 5.11 Å². The zero-order valence-corrected chi connectivity index (χ0v) is 12.4. The van der Waals surface area contributed by atoms with E-state index >= 15 is 0 Å². The molecule has 0 atom stereocenters. The van der Waals surface area contributed by atoms with E-state index in [2.05, 4.69) is 46.8 Å². The number of rotatable bonds is 2. The minimum Gasteiger partial charge on any atom is -0.332 e. The molecular formula is C14H18N4S. The van der Waals surface area contributed by atoms with Crippen LogP contribution in [-0.2, 0) is 0 Å². The minimum absolute atomic E-state index is 0.569. The highest BCUT2D eigenvalue weighted by molar-refractivity contribution is 7.80. The van der Waals surface area contributed by atoms with Gasteiger partial charge < -0.3 is 10.6 Å². The van der Waals surface area contributed by atoms with Crippen molar-refractivity contribution >= 4 is 28.7 Å². The summed E-state index contributed by atoms with van der Waals surface area (Å²) in [6, 6.07) is 6.22. The number of nitrogens with one attached hydrogen (secondary N) is 3. The van der Waals surface area contributed by atoms with Crippen molar-refractivity contribution in [2.75, 3.05) is 10.6 Å². The second-order valence-corrected chi connectivity index (χ2v) is 5.11. The Balaban J connectivity index is 2.10. The number of aryl methyl sites for hydroxylation is 4. The SMILES string of the molecule is Cc1ccc(NC(=S)Nc2c(C)n[nH]c2C)c(C)c1. The molecule has 0 saturated carbocycles. The van der Waals surface area contributed by atoms with Gasteiger partial charge in [0, 0.05) is 5.69 Å². The predicted molar refractivity (Wildman–Crippen MR) is 83.8 cm³/mol. The van der Waals surface area contributed by atoms with Gasteiger partial charge in [-0.15, -0.1) is 0 Å². The van der Waals surface area contributed by atoms with Crippen LogP contribution in [0.15, 0.2) is 18.2 Å². The molecule has 0 amide bonds. The number of hydrogen-bond acceptors (Lipinski definition) is 2. The number of aromatic nitrogens is 2. The lowest BCUT2D eigenvalue weighted by molar-refractivity contribution is 1.02. The van der Waals surface area contributed by atoms with Gasteiger partial charge in [0.05, 0.1) is 17.1 Å². The summed E-state index contributed by atoms with van der Waals surface area (Å²) >= 11 is 5.33. The lowest BCUT2D eigenvalue weighted by atomic mass is 10.1. The molecule has 0 aliphatic carbocycles. The summed E-state index contributed by atoms with van der Waals surface area (Å²) in [4.78, 5) is 0. The molecule has 0 fully saturated rings. The number of benzene rings is 1. The van der Waals surface area contributed by atoms with E-state index in [0.29, 0.717) is 5.11 Å². The van der Waals surface area contributed by atoms with Crippen molar-refractivity contribution in [1.82, 2.24) is 10.2 Å². The molecule has 19 heavy (non-hydrogen) atoms. The molecule has 0 saturated heterocycles. The Kier molecular flexibility index (Phi) is 3.85. The Morgan fingerprint density at radius 2 is 1.89 bits per heavy atom. The maximum atomic E-state index is 5.33. The summed E-state index contributed by atoms with van der Waals surface area (Å²) in [7, 11) is 0. The van der Waals surface area contributed by atoms with Gasteiger partial charge in [-0.25, -0.2) is 0 Å². The van der Waals surface area contributed by atoms with Crippen molar-refractivity contribution in [3.05, 3.63) is 40.7 Å². The quantitative estimate of drug-likeness (QED) is 0.734. The summed E-state index contributed by atoms with van der Waals surface area (Å²) < 4.78 is 0. The van der Waals surface area contributed by atoms with Crippen molar-refractivity contribution in [2.24, 2.45) is 0 Å². The Morgan fingerprint density at radius 1 is 1.16 bits per heavy atom. The van der Waals surface area contributed by atoms with Crippen molar-refractivity contribution in [3.63, 3.8) is 0 Å². The fourth-order valence-corrected chi connectivity index (χ4v) is 2.17. The summed E-state index contributed by atoms with van der Waals surface area (Å²) in [6.45, 7) is 8.03. The van der Waals surface area contributed by atoms with Gasteiger partial charge in [-0.1, -0.05) is 17.7 Å². The fourth-order valence-electron chi connectivity index (χ4n) is 1.96. The normalized spacial score (nSPS) is 10.3. The van der Waals surface area contributed by atoms with Crippen LogP contribution in [0.25, 0.3) is 0 Å². The Morgan fingerprint density at radius 3 is 2.47 bits per heavy atom. The average molecular weight is 274 g/mol. The monoisotopic (exact) mass is 274 g/mol. The van der Waals surface area contributed by atoms with Crippen LogP contribution >= 0.6 is 12.2 Å². The van der Waals surface area contributed by atoms with Gasteiger partial charge in [-0.2, -0.15) is 5.10 Å². The predicted octanol–water partition coefficient (Wildman–Crippen LogP) is 3.45. The van der Waals surface area contributed by atoms with E-state index in [-0.39, 0.29) is 0 Å². The van der Waals surface area contributed by atoms with Gasteiger partial charge >= 0.3 is 0 Å². The third-order valence-corrected chi connectivity index (χ3v) is 3.20. The van der Waals surface area contributed by atoms with Crippen molar-refractivity contribution in [2.45, 2.75) is 27.7 Å². The van der Waals surface area contributed by atoms with Crippen LogP contribution < -0.4 is 10.6 Å². The topological polar surface area (TPSA) is 52.7 Å². The second-order valence-electron chi connectivity index (χ2n) is 4.71. The molecule has 3 N–H and O–H groups in total. The highest BCUT2D eigenvalue weighted by atomic mass is 32.1. The number of anilines is 2. The van der Waals surface area contributed by atoms with Crippen LogP contribution in [0.3, 0.4) is 0 Å². The van der Waals surface area contributed by atoms with E-state index in [1.54, 1.807) is 0 Å². The largest absolute Gasteiger partial charge is 0.332 e. The Hall–Kier alpha value is -1.88. The number of nitrogens with zero attached hydrogens (tertiary/aromatic N) is 1. The van der Waals surface area contributed by atoms with Crippen LogP contribution in [0.2, 0.25) is 0 Å². The minimum atomic E-state index is 0.569. The van der Waals surface area contributed by atoms with Crippen LogP contribution in [0.5, 0.6) is 0 Å². The molecule has 1 aromatic heterocycles. The van der Waals surface area contributed by atoms with Crippen LogP contribution in [0, 0.1) is 27.7 Å². The first-order valence-electron chi connectivity index (χ1n) is 6.14. The summed E-state index contributed by atoms with van der Waals surface area (Å²) in [5.41, 5.74) is 6.24. The molecule has 1 aromatic carbocycles. The Bertz CT molecular complexity index is 596. The molecule has 0 spiro atoms. The zero-order chi connectivity index (χ0) is 14.0. The van der Waals surface area contributed by atoms with Crippen molar-refractivity contribution in [3.8, 4) is 0 Å². The molecule has 0 aliphatic rings. The van der Waals surface area contributed by atoms with Gasteiger partial charge in [0.25, 0.3) is 0 Å². The maximum absolute atomic E-state index is 5.33. The molecule has 0 radical (unpaired) electrons. The molecule has 2 aromatic rings. The van der Waals surface area contributed by atoms with E-state index in [4.69, 9.17) is 12.2 Å². The number of hydrogen-bond donors (Lipinski definition) is 3. The van der Waals surface area contributed by atoms with Crippen LogP contribution in [0.4, 0.5) is 11.4 Å². The Labute approximate surface area is 118 Å². The maximum Gasteiger partial charge on any atom is 0.175 e. The molecule has 0 aliphatic heterocycles. The zero-order valence-electron chi connectivity index (χ0n) is 11.6. The van der Waals surface area contributed by atoms with E-state index in [1.807, 2.05) is 19.9 Å². The summed E-state index contributed by atoms with van der Waals surface area (Å²) in [5, 5.41) is 14.0. The summed E-state index contributed by atoms with van der Waals surface area (Å²) in [6.07, 6.45) is 0. The van der Waals surface area contributed by atoms with Crippen molar-refractivity contribution in [1.29, 1.82) is 0 Å². The van der Waals surface area contributed by atoms with E-state index < -0.39 is 0 Å². The average Bonchev–Trinajstić information content (AvgIpc) is 2.65. The molecule has 1 heterocycles. The van der Waals surface area contributed by atoms with Crippen LogP contribution in [-0.4, -0.2) is 15.3 Å². The lowest BCUT2D eigenvalue weighted by Crippen LogP contribution is -2.20. The molecule has 0 bridgehead atoms. The molecule has 2 rings (SSSR count). The first-order valence-corrected chi connectivity index (χ1v) is 6.55. The first-order chi connectivity index (χ1) is 8.97. The van der Waals surface area contributed by atoms with E-state index in [0.717, 1.165) is 22.8 Å². The number of aromatic amines is 1. The van der Waals surface area contributed by atoms with Crippen molar-refractivity contribution < 1.29 is 0 Å². The smallest absolute Gasteiger partial charge is 0.175 e. The molecular weight excluding hydrogens is 256 g/mol. The molecule has 0 unspecified atom stereocenters. The third kappa shape index (κ3) is 3.12. The lowest BCUT2D eigenvalue weighted by Gasteiger charge is -2.13. The van der Waals surface area contributed by atoms with Gasteiger partial charge in [-0.3, -0.25) is 5.10 Å². The van der Waals surface area contributed by atoms with Gasteiger partial charge in [0.1, 0.15) is 0 Å². The van der Waals surface area contributed by atoms with Gasteiger partial charge in [-0.05, 0) is 51.5 Å².